The third-order valence-electron chi connectivity index (χ3n) is 11.0. The Kier molecular flexibility index (Phi) is 12.2. The summed E-state index contributed by atoms with van der Waals surface area (Å²) < 4.78 is 7.52. The number of aryl methyl sites for hydroxylation is 2. The van der Waals surface area contributed by atoms with Gasteiger partial charge in [-0.25, -0.2) is 9.67 Å². The van der Waals surface area contributed by atoms with E-state index >= 15 is 0 Å². The fourth-order valence-corrected chi connectivity index (χ4v) is 7.89. The maximum atomic E-state index is 13.6. The van der Waals surface area contributed by atoms with Crippen molar-refractivity contribution >= 4 is 28.5 Å². The van der Waals surface area contributed by atoms with Gasteiger partial charge in [0.25, 0.3) is 11.8 Å². The Morgan fingerprint density at radius 2 is 1.69 bits per heavy atom. The molecule has 2 aliphatic rings. The molecule has 2 amide bonds. The van der Waals surface area contributed by atoms with Crippen molar-refractivity contribution in [2.24, 2.45) is 0 Å². The second-order valence-corrected chi connectivity index (χ2v) is 14.8. The van der Waals surface area contributed by atoms with Crippen LogP contribution in [-0.4, -0.2) is 76.4 Å². The topological polar surface area (TPSA) is 125 Å². The average Bonchev–Trinajstić information content (AvgIpc) is 3.63. The highest BCUT2D eigenvalue weighted by molar-refractivity contribution is 6.00. The Morgan fingerprint density at radius 3 is 2.44 bits per heavy atom. The van der Waals surface area contributed by atoms with Crippen LogP contribution in [-0.2, 0) is 37.3 Å². The fraction of sp³-hybridized carbons (Fsp3) is 0.409. The molecule has 55 heavy (non-hydrogen) atoms. The molecule has 0 radical (unpaired) electrons. The number of fused-ring (bicyclic) bond motifs is 1. The number of amides is 2. The summed E-state index contributed by atoms with van der Waals surface area (Å²) in [6.45, 7) is 15.3. The third kappa shape index (κ3) is 8.91. The van der Waals surface area contributed by atoms with E-state index in [2.05, 4.69) is 101 Å². The molecule has 3 aromatic carbocycles. The standard InChI is InChI=1S/C44H54N8O3/c1-5-40-38(41(49-36-16-20-55-21-17-36)39-26-48-52(6-2)42(39)50-40)25-47-44(54)34-13-8-12-33(23-34)43(53)46-24-35-14-9-15-37(30(35)4)32-11-7-10-31(22-32)28-51-19-18-45-29(3)27-51/h7-15,22-23,26,29,36,45H,5-6,16-21,24-25,27-28H2,1-4H3,(H,46,53)(H,47,54)(H,49,50)/t29-/m0/s1. The normalized spacial score (nSPS) is 16.6. The van der Waals surface area contributed by atoms with Crippen LogP contribution in [0.25, 0.3) is 22.2 Å². The molecule has 0 spiro atoms. The molecule has 4 N–H and O–H groups in total. The van der Waals surface area contributed by atoms with Crippen LogP contribution in [0.3, 0.4) is 0 Å². The fourth-order valence-electron chi connectivity index (χ4n) is 7.89. The van der Waals surface area contributed by atoms with Crippen LogP contribution in [0.5, 0.6) is 0 Å². The van der Waals surface area contributed by atoms with E-state index in [1.807, 2.05) is 10.9 Å². The van der Waals surface area contributed by atoms with Crippen molar-refractivity contribution in [3.63, 3.8) is 0 Å². The number of hydrogen-bond acceptors (Lipinski definition) is 8. The zero-order valence-corrected chi connectivity index (χ0v) is 32.6. The first-order valence-electron chi connectivity index (χ1n) is 19.8. The third-order valence-corrected chi connectivity index (χ3v) is 11.0. The first-order chi connectivity index (χ1) is 26.8. The molecule has 0 aliphatic carbocycles. The summed E-state index contributed by atoms with van der Waals surface area (Å²) in [6.07, 6.45) is 4.39. The predicted octanol–water partition coefficient (Wildman–Crippen LogP) is 6.23. The Labute approximate surface area is 324 Å². The van der Waals surface area contributed by atoms with Crippen molar-refractivity contribution in [1.29, 1.82) is 0 Å². The van der Waals surface area contributed by atoms with E-state index < -0.39 is 0 Å². The largest absolute Gasteiger partial charge is 0.381 e. The molecular formula is C44H54N8O3. The molecule has 2 fully saturated rings. The van der Waals surface area contributed by atoms with Crippen molar-refractivity contribution in [3.8, 4) is 11.1 Å². The summed E-state index contributed by atoms with van der Waals surface area (Å²) in [6, 6.07) is 22.7. The Bertz CT molecular complexity index is 2140. The van der Waals surface area contributed by atoms with E-state index in [1.54, 1.807) is 24.3 Å². The Morgan fingerprint density at radius 1 is 0.945 bits per heavy atom. The highest BCUT2D eigenvalue weighted by Gasteiger charge is 2.23. The van der Waals surface area contributed by atoms with Crippen LogP contribution in [0, 0.1) is 6.92 Å². The van der Waals surface area contributed by atoms with Gasteiger partial charge in [-0.05, 0) is 92.1 Å². The summed E-state index contributed by atoms with van der Waals surface area (Å²) in [5.74, 6) is -0.485. The van der Waals surface area contributed by atoms with Crippen LogP contribution in [0.15, 0.2) is 72.9 Å². The van der Waals surface area contributed by atoms with Gasteiger partial charge >= 0.3 is 0 Å². The number of nitrogens with one attached hydrogen (secondary N) is 4. The van der Waals surface area contributed by atoms with Gasteiger partial charge in [0.15, 0.2) is 5.65 Å². The molecule has 4 heterocycles. The molecule has 5 aromatic rings. The molecule has 1 atom stereocenters. The number of rotatable bonds is 13. The van der Waals surface area contributed by atoms with E-state index in [0.29, 0.717) is 49.9 Å². The van der Waals surface area contributed by atoms with Crippen molar-refractivity contribution in [1.82, 2.24) is 35.6 Å². The lowest BCUT2D eigenvalue weighted by molar-refractivity contribution is 0.0904. The van der Waals surface area contributed by atoms with Crippen molar-refractivity contribution in [2.75, 3.05) is 38.2 Å². The number of carbonyl (C=O) groups excluding carboxylic acids is 2. The first-order valence-corrected chi connectivity index (χ1v) is 19.8. The number of anilines is 1. The lowest BCUT2D eigenvalue weighted by atomic mass is 9.95. The summed E-state index contributed by atoms with van der Waals surface area (Å²) in [5.41, 5.74) is 10.4. The van der Waals surface area contributed by atoms with Gasteiger partial charge in [0.2, 0.25) is 0 Å². The highest BCUT2D eigenvalue weighted by Crippen LogP contribution is 2.32. The van der Waals surface area contributed by atoms with E-state index in [-0.39, 0.29) is 24.4 Å². The second-order valence-electron chi connectivity index (χ2n) is 14.8. The number of ether oxygens (including phenoxy) is 1. The smallest absolute Gasteiger partial charge is 0.251 e. The van der Waals surface area contributed by atoms with Crippen LogP contribution < -0.4 is 21.3 Å². The van der Waals surface area contributed by atoms with E-state index in [1.165, 1.54) is 11.1 Å². The van der Waals surface area contributed by atoms with Gasteiger partial charge in [-0.1, -0.05) is 49.4 Å². The van der Waals surface area contributed by atoms with Crippen molar-refractivity contribution in [3.05, 3.63) is 112 Å². The van der Waals surface area contributed by atoms with Gasteiger partial charge < -0.3 is 26.0 Å². The molecule has 2 aliphatic heterocycles. The quantitative estimate of drug-likeness (QED) is 0.112. The van der Waals surface area contributed by atoms with E-state index in [0.717, 1.165) is 83.7 Å². The number of nitrogens with zero attached hydrogens (tertiary/aromatic N) is 4. The maximum absolute atomic E-state index is 13.6. The molecule has 2 saturated heterocycles. The van der Waals surface area contributed by atoms with Crippen molar-refractivity contribution < 1.29 is 14.3 Å². The number of piperazine rings is 1. The SMILES string of the molecule is CCc1nc2c(cnn2CC)c(NC2CCOCC2)c1CNC(=O)c1cccc(C(=O)NCc2cccc(-c3cccc(CN4CCN[C@@H](C)C4)c3)c2C)c1. The minimum atomic E-state index is -0.254. The minimum Gasteiger partial charge on any atom is -0.381 e. The van der Waals surface area contributed by atoms with Gasteiger partial charge in [0.1, 0.15) is 0 Å². The molecule has 7 rings (SSSR count). The van der Waals surface area contributed by atoms with Crippen molar-refractivity contribution in [2.45, 2.75) is 85.2 Å². The monoisotopic (exact) mass is 742 g/mol. The molecule has 2 aromatic heterocycles. The summed E-state index contributed by atoms with van der Waals surface area (Å²) in [5, 5.41) is 19.1. The molecular weight excluding hydrogens is 689 g/mol. The predicted molar refractivity (Wildman–Crippen MR) is 218 cm³/mol. The van der Waals surface area contributed by atoms with Crippen LogP contribution in [0.2, 0.25) is 0 Å². The highest BCUT2D eigenvalue weighted by atomic mass is 16.5. The van der Waals surface area contributed by atoms with Gasteiger partial charge in [-0.15, -0.1) is 0 Å². The Hall–Kier alpha value is -5.10. The summed E-state index contributed by atoms with van der Waals surface area (Å²) in [7, 11) is 0. The van der Waals surface area contributed by atoms with E-state index in [4.69, 9.17) is 9.72 Å². The van der Waals surface area contributed by atoms with Gasteiger partial charge in [-0.2, -0.15) is 5.10 Å². The van der Waals surface area contributed by atoms with Gasteiger partial charge in [0.05, 0.1) is 17.3 Å². The number of hydrogen-bond donors (Lipinski definition) is 4. The molecule has 0 saturated carbocycles. The molecule has 11 heteroatoms. The lowest BCUT2D eigenvalue weighted by Gasteiger charge is -2.31. The number of carbonyl (C=O) groups is 2. The minimum absolute atomic E-state index is 0.231. The lowest BCUT2D eigenvalue weighted by Crippen LogP contribution is -2.48. The maximum Gasteiger partial charge on any atom is 0.251 e. The second kappa shape index (κ2) is 17.6. The first kappa shape index (κ1) is 38.2. The van der Waals surface area contributed by atoms with Crippen LogP contribution >= 0.6 is 0 Å². The van der Waals surface area contributed by atoms with Crippen LogP contribution in [0.1, 0.15) is 82.3 Å². The summed E-state index contributed by atoms with van der Waals surface area (Å²) in [4.78, 5) is 34.6. The molecule has 11 nitrogen and oxygen atoms in total. The van der Waals surface area contributed by atoms with Gasteiger partial charge in [0, 0.05) is 93.5 Å². The zero-order valence-electron chi connectivity index (χ0n) is 32.6. The number of aromatic nitrogens is 3. The number of benzene rings is 3. The van der Waals surface area contributed by atoms with Crippen LogP contribution in [0.4, 0.5) is 5.69 Å². The summed E-state index contributed by atoms with van der Waals surface area (Å²) >= 11 is 0. The molecule has 0 bridgehead atoms. The molecule has 0 unspecified atom stereocenters. The number of pyridine rings is 1. The average molecular weight is 743 g/mol. The molecule has 288 valence electrons. The Balaban J connectivity index is 1.02. The van der Waals surface area contributed by atoms with E-state index in [9.17, 15) is 9.59 Å². The van der Waals surface area contributed by atoms with Gasteiger partial charge in [-0.3, -0.25) is 14.5 Å². The zero-order chi connectivity index (χ0) is 38.3.